The van der Waals surface area contributed by atoms with Gasteiger partial charge in [0.05, 0.1) is 16.4 Å². The number of hydrogen-bond acceptors (Lipinski definition) is 5. The van der Waals surface area contributed by atoms with E-state index >= 15 is 0 Å². The Balaban J connectivity index is 1.70. The van der Waals surface area contributed by atoms with Crippen LogP contribution in [0.2, 0.25) is 5.02 Å². The number of aryl methyl sites for hydroxylation is 1. The molecule has 3 aromatic rings. The Hall–Kier alpha value is -2.98. The predicted molar refractivity (Wildman–Crippen MR) is 107 cm³/mol. The molecule has 0 aliphatic rings. The van der Waals surface area contributed by atoms with Crippen molar-refractivity contribution in [3.05, 3.63) is 46.1 Å². The molecule has 152 valence electrons. The van der Waals surface area contributed by atoms with Gasteiger partial charge in [0.2, 0.25) is 0 Å². The molecule has 0 fully saturated rings. The quantitative estimate of drug-likeness (QED) is 0.567. The van der Waals surface area contributed by atoms with Crippen LogP contribution in [0.1, 0.15) is 0 Å². The van der Waals surface area contributed by atoms with E-state index < -0.39 is 24.8 Å². The molecule has 0 atom stereocenters. The highest BCUT2D eigenvalue weighted by Gasteiger charge is 2.20. The van der Waals surface area contributed by atoms with Crippen LogP contribution >= 0.6 is 22.9 Å². The zero-order valence-electron chi connectivity index (χ0n) is 15.0. The lowest BCUT2D eigenvalue weighted by atomic mass is 10.2. The molecule has 11 heteroatoms. The maximum absolute atomic E-state index is 12.4. The number of halogens is 3. The monoisotopic (exact) mass is 440 g/mol. The molecule has 0 saturated heterocycles. The van der Waals surface area contributed by atoms with E-state index in [1.54, 1.807) is 13.1 Å². The lowest BCUT2D eigenvalue weighted by molar-refractivity contribution is -0.133. The molecule has 0 aliphatic heterocycles. The lowest BCUT2D eigenvalue weighted by Crippen LogP contribution is -2.30. The molecular formula is C18H15ClF2N4O3S. The van der Waals surface area contributed by atoms with E-state index in [0.29, 0.717) is 11.5 Å². The molecule has 7 nitrogen and oxygen atoms in total. The smallest absolute Gasteiger partial charge is 0.315 e. The minimum atomic E-state index is -2.72. The fourth-order valence-corrected chi connectivity index (χ4v) is 3.27. The average Bonchev–Trinajstić information content (AvgIpc) is 3.31. The van der Waals surface area contributed by atoms with E-state index in [4.69, 9.17) is 16.3 Å². The average molecular weight is 441 g/mol. The topological polar surface area (TPSA) is 85.2 Å². The summed E-state index contributed by atoms with van der Waals surface area (Å²) < 4.78 is 31.2. The summed E-state index contributed by atoms with van der Waals surface area (Å²) in [7, 11) is 1.62. The Morgan fingerprint density at radius 2 is 2.03 bits per heavy atom. The van der Waals surface area contributed by atoms with Crippen LogP contribution in [0.15, 0.2) is 41.1 Å². The fourth-order valence-electron chi connectivity index (χ4n) is 2.39. The van der Waals surface area contributed by atoms with Gasteiger partial charge < -0.3 is 15.4 Å². The standard InChI is InChI=1S/C18H15ClF2N4O3S/c1-25-15(7-13(24-25)10-5-6-29-9-10)23-18(27)17(26)22-12-4-2-3-11(19)16(12)28-8-14(20)21/h2-7,9,14H,8H2,1H3,(H,22,26)(H,23,27). The van der Waals surface area contributed by atoms with Gasteiger partial charge in [-0.3, -0.25) is 14.3 Å². The summed E-state index contributed by atoms with van der Waals surface area (Å²) in [4.78, 5) is 24.5. The Labute approximate surface area is 173 Å². The van der Waals surface area contributed by atoms with Crippen LogP contribution in [0.4, 0.5) is 20.3 Å². The highest BCUT2D eigenvalue weighted by molar-refractivity contribution is 7.08. The molecule has 2 aromatic heterocycles. The summed E-state index contributed by atoms with van der Waals surface area (Å²) in [6.45, 7) is -0.904. The van der Waals surface area contributed by atoms with Gasteiger partial charge in [-0.05, 0) is 23.6 Å². The van der Waals surface area contributed by atoms with E-state index in [1.807, 2.05) is 16.8 Å². The molecule has 0 bridgehead atoms. The van der Waals surface area contributed by atoms with Crippen molar-refractivity contribution in [1.29, 1.82) is 0 Å². The van der Waals surface area contributed by atoms with Gasteiger partial charge in [0.1, 0.15) is 12.4 Å². The first-order valence-corrected chi connectivity index (χ1v) is 9.55. The molecule has 0 radical (unpaired) electrons. The van der Waals surface area contributed by atoms with Crippen molar-refractivity contribution in [1.82, 2.24) is 9.78 Å². The number of alkyl halides is 2. The number of nitrogens with zero attached hydrogens (tertiary/aromatic N) is 2. The molecule has 0 spiro atoms. The van der Waals surface area contributed by atoms with Crippen LogP contribution in [0.3, 0.4) is 0 Å². The number of nitrogens with one attached hydrogen (secondary N) is 2. The Morgan fingerprint density at radius 1 is 1.28 bits per heavy atom. The van der Waals surface area contributed by atoms with Gasteiger partial charge in [0.25, 0.3) is 6.43 Å². The Morgan fingerprint density at radius 3 is 2.72 bits per heavy atom. The van der Waals surface area contributed by atoms with E-state index in [9.17, 15) is 18.4 Å². The van der Waals surface area contributed by atoms with Gasteiger partial charge >= 0.3 is 11.8 Å². The number of hydrogen-bond donors (Lipinski definition) is 2. The summed E-state index contributed by atoms with van der Waals surface area (Å²) in [6, 6.07) is 7.80. The highest BCUT2D eigenvalue weighted by Crippen LogP contribution is 2.33. The number of anilines is 2. The van der Waals surface area contributed by atoms with Gasteiger partial charge in [0, 0.05) is 24.1 Å². The second-order valence-electron chi connectivity index (χ2n) is 5.78. The summed E-state index contributed by atoms with van der Waals surface area (Å²) in [5.41, 5.74) is 1.53. The number of aromatic nitrogens is 2. The minimum absolute atomic E-state index is 0.00210. The molecule has 0 saturated carbocycles. The molecule has 29 heavy (non-hydrogen) atoms. The van der Waals surface area contributed by atoms with Gasteiger partial charge in [0.15, 0.2) is 5.75 Å². The van der Waals surface area contributed by atoms with Gasteiger partial charge in [-0.2, -0.15) is 16.4 Å². The molecule has 2 heterocycles. The van der Waals surface area contributed by atoms with Crippen molar-refractivity contribution in [2.45, 2.75) is 6.43 Å². The Kier molecular flexibility index (Phi) is 6.45. The third-order valence-corrected chi connectivity index (χ3v) is 4.69. The number of benzene rings is 1. The Bertz CT molecular complexity index is 1020. The van der Waals surface area contributed by atoms with Crippen LogP contribution in [0, 0.1) is 0 Å². The number of thiophene rings is 1. The van der Waals surface area contributed by atoms with E-state index in [-0.39, 0.29) is 16.5 Å². The lowest BCUT2D eigenvalue weighted by Gasteiger charge is -2.13. The van der Waals surface area contributed by atoms with Crippen molar-refractivity contribution >= 4 is 46.3 Å². The zero-order chi connectivity index (χ0) is 21.0. The van der Waals surface area contributed by atoms with Gasteiger partial charge in [-0.25, -0.2) is 8.78 Å². The molecule has 2 amide bonds. The normalized spacial score (nSPS) is 10.8. The SMILES string of the molecule is Cn1nc(-c2ccsc2)cc1NC(=O)C(=O)Nc1cccc(Cl)c1OCC(F)F. The maximum Gasteiger partial charge on any atom is 0.315 e. The first kappa shape index (κ1) is 20.7. The van der Waals surface area contributed by atoms with E-state index in [2.05, 4.69) is 15.7 Å². The van der Waals surface area contributed by atoms with Crippen molar-refractivity contribution in [3.8, 4) is 17.0 Å². The molecule has 3 rings (SSSR count). The third-order valence-electron chi connectivity index (χ3n) is 3.71. The van der Waals surface area contributed by atoms with Crippen molar-refractivity contribution in [3.63, 3.8) is 0 Å². The fraction of sp³-hybridized carbons (Fsp3) is 0.167. The van der Waals surface area contributed by atoms with Crippen molar-refractivity contribution in [2.24, 2.45) is 7.05 Å². The van der Waals surface area contributed by atoms with Gasteiger partial charge in [-0.1, -0.05) is 17.7 Å². The second-order valence-corrected chi connectivity index (χ2v) is 6.96. The molecule has 0 unspecified atom stereocenters. The van der Waals surface area contributed by atoms with Crippen LogP contribution < -0.4 is 15.4 Å². The van der Waals surface area contributed by atoms with Gasteiger partial charge in [-0.15, -0.1) is 0 Å². The van der Waals surface area contributed by atoms with E-state index in [1.165, 1.54) is 34.2 Å². The number of para-hydroxylation sites is 1. The second kappa shape index (κ2) is 9.01. The van der Waals surface area contributed by atoms with Crippen LogP contribution in [-0.2, 0) is 16.6 Å². The minimum Gasteiger partial charge on any atom is -0.484 e. The summed E-state index contributed by atoms with van der Waals surface area (Å²) >= 11 is 7.45. The molecular weight excluding hydrogens is 426 g/mol. The molecule has 0 aliphatic carbocycles. The predicted octanol–water partition coefficient (Wildman–Crippen LogP) is 4.02. The van der Waals surface area contributed by atoms with Crippen LogP contribution in [0.5, 0.6) is 5.75 Å². The zero-order valence-corrected chi connectivity index (χ0v) is 16.6. The van der Waals surface area contributed by atoms with Crippen LogP contribution in [0.25, 0.3) is 11.3 Å². The number of carbonyl (C=O) groups is 2. The first-order chi connectivity index (χ1) is 13.8. The van der Waals surface area contributed by atoms with Crippen LogP contribution in [-0.4, -0.2) is 34.6 Å². The largest absolute Gasteiger partial charge is 0.484 e. The number of ether oxygens (including phenoxy) is 1. The van der Waals surface area contributed by atoms with E-state index in [0.717, 1.165) is 5.56 Å². The summed E-state index contributed by atoms with van der Waals surface area (Å²) in [6.07, 6.45) is -2.72. The molecule has 2 N–H and O–H groups in total. The maximum atomic E-state index is 12.4. The number of rotatable bonds is 6. The first-order valence-electron chi connectivity index (χ1n) is 8.23. The number of amides is 2. The molecule has 1 aromatic carbocycles. The summed E-state index contributed by atoms with van der Waals surface area (Å²) in [5, 5.41) is 12.9. The van der Waals surface area contributed by atoms with Crippen molar-refractivity contribution in [2.75, 3.05) is 17.2 Å². The third kappa shape index (κ3) is 5.09. The highest BCUT2D eigenvalue weighted by atomic mass is 35.5. The van der Waals surface area contributed by atoms with Crippen molar-refractivity contribution < 1.29 is 23.1 Å². The summed E-state index contributed by atoms with van der Waals surface area (Å²) in [5.74, 6) is -1.82. The number of carbonyl (C=O) groups excluding carboxylic acids is 2.